The van der Waals surface area contributed by atoms with Crippen LogP contribution in [-0.4, -0.2) is 162 Å². The third-order valence-electron chi connectivity index (χ3n) is 18.9. The highest BCUT2D eigenvalue weighted by molar-refractivity contribution is 6.13. The number of phenols is 1. The van der Waals surface area contributed by atoms with Crippen LogP contribution in [0.2, 0.25) is 0 Å². The fourth-order valence-corrected chi connectivity index (χ4v) is 14.0. The van der Waals surface area contributed by atoms with Crippen LogP contribution in [0, 0.1) is 23.2 Å². The van der Waals surface area contributed by atoms with Crippen molar-refractivity contribution < 1.29 is 91.4 Å². The number of nitrogens with one attached hydrogen (secondary N) is 3. The van der Waals surface area contributed by atoms with Crippen molar-refractivity contribution in [2.24, 2.45) is 23.2 Å². The van der Waals surface area contributed by atoms with Crippen LogP contribution in [0.4, 0.5) is 5.69 Å². The smallest absolute Gasteiger partial charge is 0.350 e. The second-order valence-electron chi connectivity index (χ2n) is 25.5. The SMILES string of the molecule is CCN(CCNC(=O)CCCCCNC(=O)CCN1C(=O)C=CC1=O)c1ccc(C=C(C)C(=O)OC(C(=O)OC2CC3[C@@H](OC(=O)c4ccccc4)C4C(C(=O)[C@H](OC(C)=O)C(=C2C)C3(C)C)C(O)C[C@H]2OC[C@@]42OC(C)=O)[C@@H](NC(=O)c2ccccc2)c2ccccc2)c(O)c1. The van der Waals surface area contributed by atoms with Crippen molar-refractivity contribution in [3.8, 4) is 5.75 Å². The largest absolute Gasteiger partial charge is 0.507 e. The van der Waals surface area contributed by atoms with Crippen molar-refractivity contribution in [1.82, 2.24) is 20.9 Å². The van der Waals surface area contributed by atoms with Gasteiger partial charge in [-0.3, -0.25) is 43.3 Å². The number of esters is 5. The predicted molar refractivity (Wildman–Crippen MR) is 350 cm³/mol. The summed E-state index contributed by atoms with van der Waals surface area (Å²) in [5.74, 6) is -11.5. The van der Waals surface area contributed by atoms with Gasteiger partial charge in [0.15, 0.2) is 17.5 Å². The van der Waals surface area contributed by atoms with Crippen molar-refractivity contribution in [3.63, 3.8) is 0 Å². The van der Waals surface area contributed by atoms with Crippen LogP contribution in [0.5, 0.6) is 5.75 Å². The fourth-order valence-electron chi connectivity index (χ4n) is 14.0. The molecule has 11 atom stereocenters. The zero-order valence-electron chi connectivity index (χ0n) is 55.3. The van der Waals surface area contributed by atoms with E-state index in [0.29, 0.717) is 50.1 Å². The summed E-state index contributed by atoms with van der Waals surface area (Å²) in [6.07, 6.45) is -3.49. The van der Waals surface area contributed by atoms with Gasteiger partial charge < -0.3 is 59.5 Å². The number of ether oxygens (including phenoxy) is 6. The molecule has 3 aliphatic carbocycles. The van der Waals surface area contributed by atoms with Crippen LogP contribution in [0.3, 0.4) is 0 Å². The minimum atomic E-state index is -1.99. The van der Waals surface area contributed by atoms with Gasteiger partial charge in [-0.05, 0) is 105 Å². The molecule has 0 spiro atoms. The van der Waals surface area contributed by atoms with Crippen LogP contribution in [0.15, 0.2) is 138 Å². The lowest BCUT2D eigenvalue weighted by atomic mass is 9.50. The van der Waals surface area contributed by atoms with E-state index in [-0.39, 0.29) is 96.4 Å². The number of anilines is 1. The molecule has 97 heavy (non-hydrogen) atoms. The maximum absolute atomic E-state index is 15.7. The number of carbonyl (C=O) groups excluding carboxylic acids is 11. The Morgan fingerprint density at radius 2 is 1.40 bits per heavy atom. The summed E-state index contributed by atoms with van der Waals surface area (Å²) in [4.78, 5) is 153. The Balaban J connectivity index is 0.964. The summed E-state index contributed by atoms with van der Waals surface area (Å²) >= 11 is 0. The topological polar surface area (TPSA) is 326 Å². The standard InChI is InChI=1S/C73H83N5O19/c1-8-77(36-34-75-56(83)27-19-12-20-33-74-57(84)32-35-78-58(85)30-31-59(78)86)50-29-28-49(52(81)38-50)37-42(2)69(89)96-67(63(46-21-13-9-14-22-46)76-68(88)47-23-15-10-16-24-47)71(91)94-54-39-51-65(95-70(90)48-25-17-11-18-26-48)62-60(53(82)40-55-73(62,41-92-55)97-45(5)80)64(87)66(93-44(4)79)61(43(54)3)72(51,6)7/h9-11,13-18,21-26,28-31,37-38,51,53-55,60,62-63,65-67,81-82H,8,12,19-20,27,32-36,39-41H2,1-7H3,(H,74,84)(H,75,83)(H,76,88)/t51?,53?,54?,55-,60?,62?,63+,65-,66-,67?,73+/m1/s1. The zero-order valence-corrected chi connectivity index (χ0v) is 55.3. The van der Waals surface area contributed by atoms with E-state index in [4.69, 9.17) is 28.4 Å². The fraction of sp³-hybridized carbons (Fsp3) is 0.438. The monoisotopic (exact) mass is 1330 g/mol. The van der Waals surface area contributed by atoms with Gasteiger partial charge in [0.05, 0.1) is 30.1 Å². The number of amides is 5. The van der Waals surface area contributed by atoms with Crippen molar-refractivity contribution in [3.05, 3.63) is 160 Å². The number of rotatable bonds is 27. The summed E-state index contributed by atoms with van der Waals surface area (Å²) in [6, 6.07) is 27.8. The van der Waals surface area contributed by atoms with Crippen LogP contribution in [0.1, 0.15) is 131 Å². The number of aromatic hydroxyl groups is 1. The summed E-state index contributed by atoms with van der Waals surface area (Å²) in [5, 5.41) is 32.2. The number of likely N-dealkylation sites (N-methyl/N-ethyl adjacent to an activating group) is 1. The molecule has 2 heterocycles. The third-order valence-corrected chi connectivity index (χ3v) is 18.9. The van der Waals surface area contributed by atoms with E-state index < -0.39 is 125 Å². The number of carbonyl (C=O) groups is 11. The molecule has 0 aromatic heterocycles. The number of imide groups is 1. The predicted octanol–water partition coefficient (Wildman–Crippen LogP) is 6.52. The van der Waals surface area contributed by atoms with E-state index in [9.17, 15) is 53.4 Å². The Hall–Kier alpha value is -9.81. The minimum absolute atomic E-state index is 0.00258. The highest BCUT2D eigenvalue weighted by atomic mass is 16.6. The molecule has 5 N–H and O–H groups in total. The van der Waals surface area contributed by atoms with Gasteiger partial charge >= 0.3 is 29.8 Å². The number of ketones is 1. The first-order valence-corrected chi connectivity index (χ1v) is 32.7. The number of unbranched alkanes of at least 4 members (excludes halogenated alkanes) is 2. The highest BCUT2D eigenvalue weighted by Gasteiger charge is 2.71. The molecule has 0 radical (unpaired) electrons. The molecule has 4 aromatic rings. The molecular formula is C73H83N5O19. The number of benzene rings is 4. The number of aliphatic hydroxyl groups excluding tert-OH is 1. The Morgan fingerprint density at radius 3 is 2.02 bits per heavy atom. The molecule has 24 nitrogen and oxygen atoms in total. The second-order valence-corrected chi connectivity index (χ2v) is 25.5. The molecule has 9 rings (SSSR count). The van der Waals surface area contributed by atoms with Crippen LogP contribution in [-0.2, 0) is 71.6 Å². The second kappa shape index (κ2) is 31.4. The first-order chi connectivity index (χ1) is 46.3. The average Bonchev–Trinajstić information content (AvgIpc) is 0.723. The molecule has 4 aromatic carbocycles. The van der Waals surface area contributed by atoms with E-state index in [0.717, 1.165) is 11.8 Å². The summed E-state index contributed by atoms with van der Waals surface area (Å²) in [7, 11) is 0. The lowest BCUT2D eigenvalue weighted by molar-refractivity contribution is -0.321. The van der Waals surface area contributed by atoms with Crippen LogP contribution >= 0.6 is 0 Å². The van der Waals surface area contributed by atoms with Gasteiger partial charge in [-0.2, -0.15) is 0 Å². The molecular weight excluding hydrogens is 1250 g/mol. The maximum Gasteiger partial charge on any atom is 0.350 e. The average molecular weight is 1330 g/mol. The van der Waals surface area contributed by atoms with Gasteiger partial charge in [-0.15, -0.1) is 0 Å². The van der Waals surface area contributed by atoms with Gasteiger partial charge in [0.25, 0.3) is 17.7 Å². The molecule has 2 bridgehead atoms. The van der Waals surface area contributed by atoms with E-state index in [2.05, 4.69) is 16.0 Å². The third kappa shape index (κ3) is 16.4. The molecule has 2 aliphatic heterocycles. The lowest BCUT2D eigenvalue weighted by Crippen LogP contribution is -2.76. The molecule has 3 fully saturated rings. The van der Waals surface area contributed by atoms with E-state index in [1.54, 1.807) is 112 Å². The van der Waals surface area contributed by atoms with Crippen molar-refractivity contribution in [1.29, 1.82) is 0 Å². The van der Waals surface area contributed by atoms with E-state index in [1.165, 1.54) is 50.3 Å². The zero-order chi connectivity index (χ0) is 69.9. The molecule has 514 valence electrons. The quantitative estimate of drug-likeness (QED) is 0.0106. The summed E-state index contributed by atoms with van der Waals surface area (Å²) in [5.41, 5.74) is -1.17. The number of hydrogen-bond donors (Lipinski definition) is 5. The van der Waals surface area contributed by atoms with Crippen molar-refractivity contribution >= 4 is 76.9 Å². The number of Topliss-reactive ketones (excluding diaryl/α,β-unsaturated/α-hetero) is 1. The maximum atomic E-state index is 15.7. The molecule has 2 saturated carbocycles. The number of hydrogen-bond acceptors (Lipinski definition) is 20. The number of fused-ring (bicyclic) bond motifs is 5. The van der Waals surface area contributed by atoms with Gasteiger partial charge in [0.1, 0.15) is 30.1 Å². The first-order valence-electron chi connectivity index (χ1n) is 32.7. The molecule has 5 aliphatic rings. The van der Waals surface area contributed by atoms with E-state index >= 15 is 9.59 Å². The Bertz CT molecular complexity index is 3720. The lowest BCUT2D eigenvalue weighted by Gasteiger charge is -2.62. The van der Waals surface area contributed by atoms with E-state index in [1.807, 2.05) is 11.8 Å². The normalized spacial score (nSPS) is 23.7. The first kappa shape index (κ1) is 71.5. The van der Waals surface area contributed by atoms with Gasteiger partial charge in [0.2, 0.25) is 17.9 Å². The van der Waals surface area contributed by atoms with Crippen LogP contribution in [0.25, 0.3) is 6.08 Å². The Kier molecular flexibility index (Phi) is 23.1. The van der Waals surface area contributed by atoms with Crippen LogP contribution < -0.4 is 20.9 Å². The van der Waals surface area contributed by atoms with Gasteiger partial charge in [0, 0.05) is 112 Å². The molecule has 6 unspecified atom stereocenters. The molecule has 5 amide bonds. The number of phenolic OH excluding ortho intramolecular Hbond substituents is 1. The Morgan fingerprint density at radius 1 is 0.763 bits per heavy atom. The Labute approximate surface area is 562 Å². The van der Waals surface area contributed by atoms with Crippen molar-refractivity contribution in [2.45, 2.75) is 142 Å². The van der Waals surface area contributed by atoms with Gasteiger partial charge in [-0.25, -0.2) is 14.4 Å². The number of nitrogens with zero attached hydrogens (tertiary/aromatic N) is 2. The molecule has 1 saturated heterocycles. The minimum Gasteiger partial charge on any atom is -0.507 e. The summed E-state index contributed by atoms with van der Waals surface area (Å²) < 4.78 is 37.6. The number of aliphatic hydroxyl groups is 1. The summed E-state index contributed by atoms with van der Waals surface area (Å²) in [6.45, 7) is 12.0. The van der Waals surface area contributed by atoms with Crippen molar-refractivity contribution in [2.75, 3.05) is 44.2 Å². The van der Waals surface area contributed by atoms with Gasteiger partial charge in [-0.1, -0.05) is 87.0 Å². The highest BCUT2D eigenvalue weighted by Crippen LogP contribution is 2.60. The molecule has 24 heteroatoms.